The molecule has 1 aliphatic heterocycles. The molecule has 18 heavy (non-hydrogen) atoms. The van der Waals surface area contributed by atoms with E-state index in [9.17, 15) is 4.79 Å². The molecule has 1 aliphatic rings. The first-order valence-electron chi connectivity index (χ1n) is 5.81. The van der Waals surface area contributed by atoms with Crippen molar-refractivity contribution in [2.45, 2.75) is 12.5 Å². The van der Waals surface area contributed by atoms with Crippen LogP contribution >= 0.6 is 22.7 Å². The number of fused-ring (bicyclic) bond motifs is 1. The zero-order chi connectivity index (χ0) is 12.5. The van der Waals surface area contributed by atoms with Gasteiger partial charge in [0.1, 0.15) is 0 Å². The highest BCUT2D eigenvalue weighted by atomic mass is 32.1. The molecule has 2 aromatic rings. The Morgan fingerprint density at radius 1 is 1.39 bits per heavy atom. The maximum atomic E-state index is 11.0. The highest BCUT2D eigenvalue weighted by Crippen LogP contribution is 2.39. The summed E-state index contributed by atoms with van der Waals surface area (Å²) in [5.41, 5.74) is 1.29. The first-order chi connectivity index (χ1) is 8.75. The van der Waals surface area contributed by atoms with Crippen LogP contribution in [0.15, 0.2) is 29.0 Å². The average Bonchev–Trinajstić information content (AvgIpc) is 2.97. The number of carboxylic acid groups (broad SMARTS) is 1. The van der Waals surface area contributed by atoms with Crippen molar-refractivity contribution in [2.75, 3.05) is 13.1 Å². The second kappa shape index (κ2) is 4.84. The smallest absolute Gasteiger partial charge is 0.317 e. The molecule has 0 aliphatic carbocycles. The fourth-order valence-electron chi connectivity index (χ4n) is 2.49. The van der Waals surface area contributed by atoms with Gasteiger partial charge in [0.15, 0.2) is 0 Å². The van der Waals surface area contributed by atoms with Crippen molar-refractivity contribution >= 4 is 28.6 Å². The summed E-state index contributed by atoms with van der Waals surface area (Å²) in [7, 11) is 0. The molecule has 5 heteroatoms. The summed E-state index contributed by atoms with van der Waals surface area (Å²) in [6.45, 7) is 0.931. The molecule has 0 unspecified atom stereocenters. The van der Waals surface area contributed by atoms with Gasteiger partial charge in [-0.25, -0.2) is 0 Å². The Balaban J connectivity index is 2.00. The molecule has 1 atom stereocenters. The summed E-state index contributed by atoms with van der Waals surface area (Å²) < 4.78 is 0. The fraction of sp³-hybridized carbons (Fsp3) is 0.308. The monoisotopic (exact) mass is 279 g/mol. The lowest BCUT2D eigenvalue weighted by molar-refractivity contribution is -0.138. The molecule has 0 saturated heterocycles. The van der Waals surface area contributed by atoms with Crippen LogP contribution in [-0.2, 0) is 11.2 Å². The van der Waals surface area contributed by atoms with Crippen molar-refractivity contribution < 1.29 is 9.90 Å². The van der Waals surface area contributed by atoms with Crippen LogP contribution in [0.4, 0.5) is 0 Å². The van der Waals surface area contributed by atoms with E-state index in [1.807, 2.05) is 6.07 Å². The third kappa shape index (κ3) is 2.09. The number of carbonyl (C=O) groups is 1. The van der Waals surface area contributed by atoms with Crippen LogP contribution < -0.4 is 0 Å². The minimum atomic E-state index is -0.754. The first-order valence-corrected chi connectivity index (χ1v) is 7.57. The molecule has 0 saturated carbocycles. The van der Waals surface area contributed by atoms with Crippen molar-refractivity contribution in [2.24, 2.45) is 0 Å². The fourth-order valence-corrected chi connectivity index (χ4v) is 4.27. The van der Waals surface area contributed by atoms with Crippen molar-refractivity contribution in [1.82, 2.24) is 4.90 Å². The van der Waals surface area contributed by atoms with Gasteiger partial charge < -0.3 is 5.11 Å². The Kier molecular flexibility index (Phi) is 3.20. The highest BCUT2D eigenvalue weighted by molar-refractivity contribution is 7.10. The molecule has 0 radical (unpaired) electrons. The lowest BCUT2D eigenvalue weighted by Crippen LogP contribution is -2.38. The third-order valence-electron chi connectivity index (χ3n) is 3.22. The number of aliphatic carboxylic acids is 1. The van der Waals surface area contributed by atoms with E-state index in [1.165, 1.54) is 15.3 Å². The quantitative estimate of drug-likeness (QED) is 0.939. The Hall–Kier alpha value is -1.17. The normalized spacial score (nSPS) is 19.7. The van der Waals surface area contributed by atoms with E-state index in [0.29, 0.717) is 0 Å². The molecular formula is C13H13NO2S2. The van der Waals surface area contributed by atoms with Gasteiger partial charge in [0.25, 0.3) is 0 Å². The molecule has 0 amide bonds. The van der Waals surface area contributed by atoms with Gasteiger partial charge >= 0.3 is 5.97 Å². The average molecular weight is 279 g/mol. The Morgan fingerprint density at radius 2 is 2.28 bits per heavy atom. The summed E-state index contributed by atoms with van der Waals surface area (Å²) >= 11 is 3.48. The molecule has 1 N–H and O–H groups in total. The molecule has 0 bridgehead atoms. The number of thiophene rings is 2. The molecule has 2 aromatic heterocycles. The molecule has 0 fully saturated rings. The molecule has 0 spiro atoms. The van der Waals surface area contributed by atoms with Gasteiger partial charge in [-0.1, -0.05) is 6.07 Å². The zero-order valence-corrected chi connectivity index (χ0v) is 11.3. The van der Waals surface area contributed by atoms with Gasteiger partial charge in [-0.05, 0) is 34.9 Å². The minimum absolute atomic E-state index is 0.109. The van der Waals surface area contributed by atoms with Gasteiger partial charge in [0.2, 0.25) is 0 Å². The summed E-state index contributed by atoms with van der Waals surface area (Å²) in [5, 5.41) is 13.2. The number of hydrogen-bond acceptors (Lipinski definition) is 4. The second-order valence-electron chi connectivity index (χ2n) is 4.33. The highest BCUT2D eigenvalue weighted by Gasteiger charge is 2.31. The first kappa shape index (κ1) is 11.9. The largest absolute Gasteiger partial charge is 0.480 e. The van der Waals surface area contributed by atoms with Gasteiger partial charge in [0.05, 0.1) is 12.6 Å². The SMILES string of the molecule is O=C(O)CN1CCc2sccc2[C@@H]1c1cccs1. The Labute approximate surface area is 113 Å². The molecule has 0 aromatic carbocycles. The maximum Gasteiger partial charge on any atom is 0.317 e. The zero-order valence-electron chi connectivity index (χ0n) is 9.70. The van der Waals surface area contributed by atoms with E-state index >= 15 is 0 Å². The van der Waals surface area contributed by atoms with E-state index in [0.717, 1.165) is 13.0 Å². The molecule has 3 nitrogen and oxygen atoms in total. The third-order valence-corrected chi connectivity index (χ3v) is 5.14. The predicted molar refractivity (Wildman–Crippen MR) is 73.4 cm³/mol. The van der Waals surface area contributed by atoms with E-state index in [-0.39, 0.29) is 12.6 Å². The summed E-state index contributed by atoms with van der Waals surface area (Å²) in [4.78, 5) is 15.7. The van der Waals surface area contributed by atoms with Crippen LogP contribution in [0.1, 0.15) is 21.4 Å². The van der Waals surface area contributed by atoms with E-state index in [4.69, 9.17) is 5.11 Å². The molecular weight excluding hydrogens is 266 g/mol. The van der Waals surface area contributed by atoms with Crippen molar-refractivity contribution in [1.29, 1.82) is 0 Å². The summed E-state index contributed by atoms with van der Waals surface area (Å²) in [6.07, 6.45) is 0.960. The lowest BCUT2D eigenvalue weighted by atomic mass is 9.98. The Morgan fingerprint density at radius 3 is 3.00 bits per heavy atom. The topological polar surface area (TPSA) is 40.5 Å². The van der Waals surface area contributed by atoms with Crippen LogP contribution in [0, 0.1) is 0 Å². The van der Waals surface area contributed by atoms with Crippen LogP contribution in [0.25, 0.3) is 0 Å². The minimum Gasteiger partial charge on any atom is -0.480 e. The summed E-state index contributed by atoms with van der Waals surface area (Å²) in [6, 6.07) is 6.38. The predicted octanol–water partition coefficient (Wildman–Crippen LogP) is 2.84. The van der Waals surface area contributed by atoms with Crippen LogP contribution in [0.2, 0.25) is 0 Å². The van der Waals surface area contributed by atoms with Crippen LogP contribution in [0.5, 0.6) is 0 Å². The van der Waals surface area contributed by atoms with Gasteiger partial charge in [-0.15, -0.1) is 22.7 Å². The van der Waals surface area contributed by atoms with Crippen molar-refractivity contribution in [3.63, 3.8) is 0 Å². The number of hydrogen-bond donors (Lipinski definition) is 1. The Bertz CT molecular complexity index is 547. The number of carboxylic acids is 1. The van der Waals surface area contributed by atoms with Crippen molar-refractivity contribution in [3.8, 4) is 0 Å². The number of nitrogens with zero attached hydrogens (tertiary/aromatic N) is 1. The van der Waals surface area contributed by atoms with Gasteiger partial charge in [-0.3, -0.25) is 9.69 Å². The molecule has 94 valence electrons. The maximum absolute atomic E-state index is 11.0. The van der Waals surface area contributed by atoms with E-state index in [2.05, 4.69) is 27.8 Å². The lowest BCUT2D eigenvalue weighted by Gasteiger charge is -2.34. The van der Waals surface area contributed by atoms with Gasteiger partial charge in [-0.2, -0.15) is 0 Å². The van der Waals surface area contributed by atoms with Gasteiger partial charge in [0, 0.05) is 16.3 Å². The second-order valence-corrected chi connectivity index (χ2v) is 6.31. The standard InChI is InChI=1S/C13H13NO2S2/c15-12(16)8-14-5-3-10-9(4-7-18-10)13(14)11-2-1-6-17-11/h1-2,4,6-7,13H,3,5,8H2,(H,15,16)/t13-/m1/s1. The molecule has 3 heterocycles. The summed E-state index contributed by atoms with van der Waals surface area (Å²) in [5.74, 6) is -0.754. The van der Waals surface area contributed by atoms with Crippen molar-refractivity contribution in [3.05, 3.63) is 44.3 Å². The van der Waals surface area contributed by atoms with Crippen LogP contribution in [-0.4, -0.2) is 29.1 Å². The van der Waals surface area contributed by atoms with E-state index < -0.39 is 5.97 Å². The van der Waals surface area contributed by atoms with E-state index in [1.54, 1.807) is 22.7 Å². The van der Waals surface area contributed by atoms with Crippen LogP contribution in [0.3, 0.4) is 0 Å². The number of rotatable bonds is 3. The molecule has 3 rings (SSSR count).